The summed E-state index contributed by atoms with van der Waals surface area (Å²) in [7, 11) is 0. The number of carboxylic acid groups (broad SMARTS) is 1. The van der Waals surface area contributed by atoms with Gasteiger partial charge in [0.2, 0.25) is 0 Å². The zero-order valence-corrected chi connectivity index (χ0v) is 13.2. The zero-order valence-electron chi connectivity index (χ0n) is 12.4. The number of nitrogens with zero attached hydrogens (tertiary/aromatic N) is 3. The maximum Gasteiger partial charge on any atom is 0.313 e. The molecule has 21 heavy (non-hydrogen) atoms. The number of aromatic nitrogens is 3. The van der Waals surface area contributed by atoms with Crippen molar-refractivity contribution in [2.75, 3.05) is 5.75 Å². The lowest BCUT2D eigenvalue weighted by atomic mass is 10.1. The van der Waals surface area contributed by atoms with Crippen LogP contribution in [0.5, 0.6) is 0 Å². The Kier molecular flexibility index (Phi) is 5.01. The number of carbonyl (C=O) groups is 1. The topological polar surface area (TPSA) is 68.0 Å². The summed E-state index contributed by atoms with van der Waals surface area (Å²) in [6.07, 6.45) is 5.45. The monoisotopic (exact) mass is 305 g/mol. The van der Waals surface area contributed by atoms with Crippen LogP contribution in [0, 0.1) is 6.92 Å². The first-order chi connectivity index (χ1) is 9.99. The smallest absolute Gasteiger partial charge is 0.313 e. The third-order valence-corrected chi connectivity index (χ3v) is 4.21. The van der Waals surface area contributed by atoms with E-state index < -0.39 is 5.97 Å². The molecule has 0 amide bonds. The number of hydrogen-bond acceptors (Lipinski definition) is 4. The van der Waals surface area contributed by atoms with Gasteiger partial charge in [0.25, 0.3) is 0 Å². The van der Waals surface area contributed by atoms with Crippen LogP contribution in [0.15, 0.2) is 29.8 Å². The van der Waals surface area contributed by atoms with Gasteiger partial charge >= 0.3 is 5.97 Å². The second kappa shape index (κ2) is 6.76. The van der Waals surface area contributed by atoms with E-state index in [2.05, 4.69) is 28.4 Å². The van der Waals surface area contributed by atoms with Gasteiger partial charge in [-0.25, -0.2) is 4.98 Å². The average molecular weight is 305 g/mol. The van der Waals surface area contributed by atoms with E-state index in [9.17, 15) is 4.79 Å². The van der Waals surface area contributed by atoms with E-state index in [4.69, 9.17) is 5.11 Å². The molecule has 0 unspecified atom stereocenters. The van der Waals surface area contributed by atoms with E-state index in [0.29, 0.717) is 12.5 Å². The number of imidazole rings is 1. The molecule has 0 aliphatic carbocycles. The fourth-order valence-corrected chi connectivity index (χ4v) is 2.79. The van der Waals surface area contributed by atoms with E-state index in [0.717, 1.165) is 16.4 Å². The Morgan fingerprint density at radius 3 is 2.81 bits per heavy atom. The molecule has 0 aliphatic heterocycles. The van der Waals surface area contributed by atoms with Gasteiger partial charge in [-0.15, -0.1) is 0 Å². The van der Waals surface area contributed by atoms with Crippen LogP contribution < -0.4 is 0 Å². The lowest BCUT2D eigenvalue weighted by Crippen LogP contribution is -2.09. The molecule has 2 aromatic rings. The minimum absolute atomic E-state index is 0.0177. The van der Waals surface area contributed by atoms with Crippen LogP contribution in [0.3, 0.4) is 0 Å². The largest absolute Gasteiger partial charge is 0.481 e. The van der Waals surface area contributed by atoms with Crippen molar-refractivity contribution in [1.82, 2.24) is 14.5 Å². The Labute approximate surface area is 128 Å². The number of rotatable bonds is 6. The molecule has 0 aliphatic rings. The number of pyridine rings is 1. The predicted molar refractivity (Wildman–Crippen MR) is 82.8 cm³/mol. The Hall–Kier alpha value is -1.82. The van der Waals surface area contributed by atoms with Gasteiger partial charge in [0.05, 0.1) is 12.3 Å². The molecule has 1 N–H and O–H groups in total. The highest BCUT2D eigenvalue weighted by Gasteiger charge is 2.15. The summed E-state index contributed by atoms with van der Waals surface area (Å²) >= 11 is 1.26. The number of carboxylic acids is 1. The summed E-state index contributed by atoms with van der Waals surface area (Å²) in [6, 6.07) is 1.99. The average Bonchev–Trinajstić information content (AvgIpc) is 2.82. The van der Waals surface area contributed by atoms with Gasteiger partial charge in [-0.05, 0) is 30.0 Å². The van der Waals surface area contributed by atoms with Gasteiger partial charge in [-0.3, -0.25) is 9.78 Å². The van der Waals surface area contributed by atoms with E-state index in [1.807, 2.05) is 25.4 Å². The first-order valence-electron chi connectivity index (χ1n) is 6.78. The summed E-state index contributed by atoms with van der Waals surface area (Å²) in [5, 5.41) is 9.60. The van der Waals surface area contributed by atoms with Crippen molar-refractivity contribution in [2.24, 2.45) is 0 Å². The van der Waals surface area contributed by atoms with Gasteiger partial charge in [0.1, 0.15) is 0 Å². The SMILES string of the molecule is Cc1cnccc1Cn1c(C(C)C)cnc1SCC(=O)O. The van der Waals surface area contributed by atoms with E-state index in [1.165, 1.54) is 17.3 Å². The van der Waals surface area contributed by atoms with Crippen molar-refractivity contribution in [3.63, 3.8) is 0 Å². The highest BCUT2D eigenvalue weighted by Crippen LogP contribution is 2.25. The van der Waals surface area contributed by atoms with E-state index >= 15 is 0 Å². The summed E-state index contributed by atoms with van der Waals surface area (Å²) in [5.41, 5.74) is 3.40. The Bertz CT molecular complexity index is 638. The third kappa shape index (κ3) is 3.85. The van der Waals surface area contributed by atoms with Crippen molar-refractivity contribution < 1.29 is 9.90 Å². The molecule has 6 heteroatoms. The Morgan fingerprint density at radius 1 is 1.43 bits per heavy atom. The minimum Gasteiger partial charge on any atom is -0.481 e. The van der Waals surface area contributed by atoms with Crippen LogP contribution in [-0.4, -0.2) is 31.4 Å². The Morgan fingerprint density at radius 2 is 2.19 bits per heavy atom. The number of aliphatic carboxylic acids is 1. The van der Waals surface area contributed by atoms with Crippen LogP contribution in [0.4, 0.5) is 0 Å². The van der Waals surface area contributed by atoms with Gasteiger partial charge in [-0.1, -0.05) is 25.6 Å². The van der Waals surface area contributed by atoms with Crippen LogP contribution in [0.1, 0.15) is 36.6 Å². The lowest BCUT2D eigenvalue weighted by molar-refractivity contribution is -0.133. The molecular weight excluding hydrogens is 286 g/mol. The van der Waals surface area contributed by atoms with Crippen molar-refractivity contribution in [3.05, 3.63) is 41.5 Å². The van der Waals surface area contributed by atoms with Crippen molar-refractivity contribution >= 4 is 17.7 Å². The molecule has 0 aromatic carbocycles. The maximum atomic E-state index is 10.8. The molecule has 2 aromatic heterocycles. The first-order valence-corrected chi connectivity index (χ1v) is 7.77. The zero-order chi connectivity index (χ0) is 15.4. The summed E-state index contributed by atoms with van der Waals surface area (Å²) in [5.74, 6) is -0.483. The maximum absolute atomic E-state index is 10.8. The summed E-state index contributed by atoms with van der Waals surface area (Å²) in [4.78, 5) is 19.3. The molecule has 2 heterocycles. The minimum atomic E-state index is -0.833. The molecule has 0 fully saturated rings. The molecule has 112 valence electrons. The van der Waals surface area contributed by atoms with E-state index in [-0.39, 0.29) is 5.75 Å². The second-order valence-electron chi connectivity index (χ2n) is 5.19. The molecule has 0 saturated heterocycles. The highest BCUT2D eigenvalue weighted by molar-refractivity contribution is 7.99. The van der Waals surface area contributed by atoms with E-state index in [1.54, 1.807) is 6.20 Å². The molecule has 0 spiro atoms. The van der Waals surface area contributed by atoms with Gasteiger partial charge in [0, 0.05) is 24.3 Å². The molecule has 5 nitrogen and oxygen atoms in total. The number of thioether (sulfide) groups is 1. The molecule has 2 rings (SSSR count). The molecular formula is C15H19N3O2S. The first kappa shape index (κ1) is 15.6. The number of aryl methyl sites for hydroxylation is 1. The Balaban J connectivity index is 2.32. The van der Waals surface area contributed by atoms with Gasteiger partial charge < -0.3 is 9.67 Å². The van der Waals surface area contributed by atoms with Gasteiger partial charge in [-0.2, -0.15) is 0 Å². The summed E-state index contributed by atoms with van der Waals surface area (Å²) < 4.78 is 2.10. The second-order valence-corrected chi connectivity index (χ2v) is 6.13. The van der Waals surface area contributed by atoms with Crippen LogP contribution in [-0.2, 0) is 11.3 Å². The standard InChI is InChI=1S/C15H19N3O2S/c1-10(2)13-7-17-15(21-9-14(19)20)18(13)8-12-4-5-16-6-11(12)3/h4-7,10H,8-9H2,1-3H3,(H,19,20). The van der Waals surface area contributed by atoms with Crippen LogP contribution >= 0.6 is 11.8 Å². The normalized spacial score (nSPS) is 11.0. The molecule has 0 saturated carbocycles. The van der Waals surface area contributed by atoms with Gasteiger partial charge in [0.15, 0.2) is 5.16 Å². The summed E-state index contributed by atoms with van der Waals surface area (Å²) in [6.45, 7) is 6.93. The highest BCUT2D eigenvalue weighted by atomic mass is 32.2. The van der Waals surface area contributed by atoms with Crippen molar-refractivity contribution in [3.8, 4) is 0 Å². The van der Waals surface area contributed by atoms with Crippen molar-refractivity contribution in [2.45, 2.75) is 38.4 Å². The van der Waals surface area contributed by atoms with Crippen LogP contribution in [0.25, 0.3) is 0 Å². The van der Waals surface area contributed by atoms with Crippen molar-refractivity contribution in [1.29, 1.82) is 0 Å². The lowest BCUT2D eigenvalue weighted by Gasteiger charge is -2.14. The fraction of sp³-hybridized carbons (Fsp3) is 0.400. The fourth-order valence-electron chi connectivity index (χ4n) is 2.08. The van der Waals surface area contributed by atoms with Crippen LogP contribution in [0.2, 0.25) is 0 Å². The molecule has 0 atom stereocenters. The third-order valence-electron chi connectivity index (χ3n) is 3.23. The number of hydrogen-bond donors (Lipinski definition) is 1. The molecule has 0 bridgehead atoms. The quantitative estimate of drug-likeness (QED) is 0.831. The molecule has 0 radical (unpaired) electrons. The predicted octanol–water partition coefficient (Wildman–Crippen LogP) is 2.93.